The van der Waals surface area contributed by atoms with Gasteiger partial charge in [0.1, 0.15) is 5.82 Å². The molecule has 3 heterocycles. The summed E-state index contributed by atoms with van der Waals surface area (Å²) in [5.74, 6) is 1.37. The second kappa shape index (κ2) is 6.70. The fourth-order valence-electron chi connectivity index (χ4n) is 3.78. The summed E-state index contributed by atoms with van der Waals surface area (Å²) in [6, 6.07) is 9.36. The fourth-order valence-corrected chi connectivity index (χ4v) is 3.78. The Morgan fingerprint density at radius 2 is 2.04 bits per heavy atom. The zero-order valence-electron chi connectivity index (χ0n) is 14.2. The number of likely N-dealkylation sites (tertiary alicyclic amines) is 1. The maximum Gasteiger partial charge on any atom is 0.254 e. The van der Waals surface area contributed by atoms with Crippen molar-refractivity contribution in [2.75, 3.05) is 19.6 Å². The van der Waals surface area contributed by atoms with Crippen molar-refractivity contribution in [3.8, 4) is 0 Å². The Labute approximate surface area is 147 Å². The van der Waals surface area contributed by atoms with Gasteiger partial charge in [0.15, 0.2) is 0 Å². The Morgan fingerprint density at radius 3 is 2.80 bits per heavy atom. The van der Waals surface area contributed by atoms with Crippen molar-refractivity contribution < 1.29 is 9.59 Å². The highest BCUT2D eigenvalue weighted by molar-refractivity contribution is 5.94. The average Bonchev–Trinajstić information content (AvgIpc) is 3.19. The van der Waals surface area contributed by atoms with Crippen molar-refractivity contribution in [3.05, 3.63) is 54.1 Å². The number of carbonyl (C=O) groups is 2. The molecule has 1 aromatic carbocycles. The molecule has 6 heteroatoms. The van der Waals surface area contributed by atoms with Crippen LogP contribution < -0.4 is 0 Å². The first-order valence-electron chi connectivity index (χ1n) is 8.83. The molecule has 0 aliphatic carbocycles. The van der Waals surface area contributed by atoms with Gasteiger partial charge in [-0.1, -0.05) is 18.2 Å². The Bertz CT molecular complexity index is 771. The van der Waals surface area contributed by atoms with Gasteiger partial charge in [-0.3, -0.25) is 9.59 Å². The molecular weight excluding hydrogens is 316 g/mol. The fraction of sp³-hybridized carbons (Fsp3) is 0.421. The zero-order chi connectivity index (χ0) is 17.2. The number of imidazole rings is 1. The number of benzene rings is 1. The molecule has 2 amide bonds. The average molecular weight is 338 g/mol. The molecule has 6 nitrogen and oxygen atoms in total. The van der Waals surface area contributed by atoms with Crippen molar-refractivity contribution in [1.82, 2.24) is 19.4 Å². The lowest BCUT2D eigenvalue weighted by atomic mass is 10.1. The van der Waals surface area contributed by atoms with E-state index >= 15 is 0 Å². The van der Waals surface area contributed by atoms with Crippen molar-refractivity contribution in [2.24, 2.45) is 5.92 Å². The first-order chi connectivity index (χ1) is 12.2. The van der Waals surface area contributed by atoms with Gasteiger partial charge >= 0.3 is 0 Å². The highest BCUT2D eigenvalue weighted by Crippen LogP contribution is 2.21. The minimum atomic E-state index is 0.0230. The number of carbonyl (C=O) groups excluding carboxylic acids is 2. The van der Waals surface area contributed by atoms with Crippen LogP contribution in [0.2, 0.25) is 0 Å². The second-order valence-corrected chi connectivity index (χ2v) is 6.86. The van der Waals surface area contributed by atoms with Gasteiger partial charge in [-0.2, -0.15) is 0 Å². The van der Waals surface area contributed by atoms with E-state index in [1.165, 1.54) is 0 Å². The van der Waals surface area contributed by atoms with Crippen LogP contribution in [0, 0.1) is 5.92 Å². The first-order valence-corrected chi connectivity index (χ1v) is 8.83. The van der Waals surface area contributed by atoms with Crippen LogP contribution in [0.3, 0.4) is 0 Å². The predicted octanol–water partition coefficient (Wildman–Crippen LogP) is 1.78. The van der Waals surface area contributed by atoms with Gasteiger partial charge in [-0.25, -0.2) is 4.98 Å². The van der Waals surface area contributed by atoms with Crippen LogP contribution in [0.1, 0.15) is 29.0 Å². The molecule has 0 unspecified atom stereocenters. The van der Waals surface area contributed by atoms with Crippen LogP contribution in [-0.2, 0) is 17.9 Å². The summed E-state index contributed by atoms with van der Waals surface area (Å²) in [5.41, 5.74) is 0.693. The smallest absolute Gasteiger partial charge is 0.254 e. The number of hydrogen-bond donors (Lipinski definition) is 0. The lowest BCUT2D eigenvalue weighted by molar-refractivity contribution is -0.128. The lowest BCUT2D eigenvalue weighted by Crippen LogP contribution is -2.39. The van der Waals surface area contributed by atoms with Gasteiger partial charge < -0.3 is 14.4 Å². The molecule has 0 N–H and O–H groups in total. The molecule has 1 atom stereocenters. The summed E-state index contributed by atoms with van der Waals surface area (Å²) in [4.78, 5) is 33.2. The van der Waals surface area contributed by atoms with E-state index in [1.54, 1.807) is 6.20 Å². The molecule has 1 saturated heterocycles. The Balaban J connectivity index is 1.57. The summed E-state index contributed by atoms with van der Waals surface area (Å²) in [5, 5.41) is 0. The highest BCUT2D eigenvalue weighted by Gasteiger charge is 2.30. The minimum absolute atomic E-state index is 0.0230. The summed E-state index contributed by atoms with van der Waals surface area (Å²) in [7, 11) is 0. The van der Waals surface area contributed by atoms with Crippen LogP contribution in [0.15, 0.2) is 42.7 Å². The van der Waals surface area contributed by atoms with Gasteiger partial charge in [0, 0.05) is 56.5 Å². The molecule has 130 valence electrons. The van der Waals surface area contributed by atoms with Crippen LogP contribution >= 0.6 is 0 Å². The minimum Gasteiger partial charge on any atom is -0.342 e. The molecule has 4 rings (SSSR count). The maximum atomic E-state index is 12.9. The van der Waals surface area contributed by atoms with Gasteiger partial charge in [-0.05, 0) is 18.6 Å². The molecule has 0 spiro atoms. The van der Waals surface area contributed by atoms with Gasteiger partial charge in [0.05, 0.1) is 6.54 Å². The number of hydrogen-bond acceptors (Lipinski definition) is 3. The van der Waals surface area contributed by atoms with E-state index in [1.807, 2.05) is 46.3 Å². The molecular formula is C19H22N4O2. The third-order valence-corrected chi connectivity index (χ3v) is 5.03. The van der Waals surface area contributed by atoms with Crippen LogP contribution in [0.4, 0.5) is 0 Å². The van der Waals surface area contributed by atoms with Gasteiger partial charge in [0.25, 0.3) is 5.91 Å². The molecule has 25 heavy (non-hydrogen) atoms. The van der Waals surface area contributed by atoms with E-state index in [9.17, 15) is 9.59 Å². The number of aromatic nitrogens is 2. The Morgan fingerprint density at radius 1 is 1.20 bits per heavy atom. The quantitative estimate of drug-likeness (QED) is 0.857. The third kappa shape index (κ3) is 3.29. The van der Waals surface area contributed by atoms with Gasteiger partial charge in [-0.15, -0.1) is 0 Å². The van der Waals surface area contributed by atoms with Crippen molar-refractivity contribution in [2.45, 2.75) is 25.9 Å². The molecule has 0 saturated carbocycles. The zero-order valence-corrected chi connectivity index (χ0v) is 14.2. The first kappa shape index (κ1) is 15.9. The standard InChI is InChI=1S/C19H22N4O2/c24-18-7-4-9-22(18)12-15-11-21-10-8-20-17(21)14-23(13-15)19(25)16-5-2-1-3-6-16/h1-3,5-6,8,10,15H,4,7,9,11-14H2/t15-/m1/s1. The topological polar surface area (TPSA) is 58.4 Å². The summed E-state index contributed by atoms with van der Waals surface area (Å²) in [6.07, 6.45) is 5.33. The SMILES string of the molecule is O=C1CCCN1C[C@@H]1CN(C(=O)c2ccccc2)Cc2nccn2C1. The van der Waals surface area contributed by atoms with E-state index in [0.717, 1.165) is 25.3 Å². The van der Waals surface area contributed by atoms with Crippen LogP contribution in [0.5, 0.6) is 0 Å². The van der Waals surface area contributed by atoms with Crippen molar-refractivity contribution >= 4 is 11.8 Å². The molecule has 2 aromatic rings. The number of amides is 2. The lowest BCUT2D eigenvalue weighted by Gasteiger charge is -2.27. The van der Waals surface area contributed by atoms with Crippen LogP contribution in [0.25, 0.3) is 0 Å². The summed E-state index contributed by atoms with van der Waals surface area (Å²) < 4.78 is 2.11. The van der Waals surface area contributed by atoms with E-state index in [2.05, 4.69) is 9.55 Å². The predicted molar refractivity (Wildman–Crippen MR) is 92.7 cm³/mol. The molecule has 1 fully saturated rings. The van der Waals surface area contributed by atoms with Gasteiger partial charge in [0.2, 0.25) is 5.91 Å². The number of rotatable bonds is 3. The second-order valence-electron chi connectivity index (χ2n) is 6.86. The number of fused-ring (bicyclic) bond motifs is 1. The molecule has 0 bridgehead atoms. The van der Waals surface area contributed by atoms with Crippen LogP contribution in [-0.4, -0.2) is 50.8 Å². The van der Waals surface area contributed by atoms with E-state index in [-0.39, 0.29) is 17.7 Å². The van der Waals surface area contributed by atoms with E-state index in [4.69, 9.17) is 0 Å². The normalized spacial score (nSPS) is 20.5. The maximum absolute atomic E-state index is 12.9. The number of nitrogens with zero attached hydrogens (tertiary/aromatic N) is 4. The van der Waals surface area contributed by atoms with Crippen molar-refractivity contribution in [3.63, 3.8) is 0 Å². The Kier molecular flexibility index (Phi) is 4.26. The summed E-state index contributed by atoms with van der Waals surface area (Å²) >= 11 is 0. The van der Waals surface area contributed by atoms with E-state index < -0.39 is 0 Å². The monoisotopic (exact) mass is 338 g/mol. The molecule has 0 radical (unpaired) electrons. The summed E-state index contributed by atoms with van der Waals surface area (Å²) in [6.45, 7) is 3.47. The molecule has 2 aliphatic rings. The van der Waals surface area contributed by atoms with E-state index in [0.29, 0.717) is 31.6 Å². The molecule has 2 aliphatic heterocycles. The van der Waals surface area contributed by atoms with Crippen molar-refractivity contribution in [1.29, 1.82) is 0 Å². The largest absolute Gasteiger partial charge is 0.342 e. The highest BCUT2D eigenvalue weighted by atomic mass is 16.2. The Hall–Kier alpha value is -2.63. The molecule has 1 aromatic heterocycles. The third-order valence-electron chi connectivity index (χ3n) is 5.03.